The number of carbonyl (C=O) groups is 1. The minimum atomic E-state index is -0.117. The molecular weight excluding hydrogens is 278 g/mol. The quantitative estimate of drug-likeness (QED) is 0.847. The fourth-order valence-corrected chi connectivity index (χ4v) is 2.41. The van der Waals surface area contributed by atoms with Crippen LogP contribution >= 0.6 is 0 Å². The Morgan fingerprint density at radius 3 is 2.14 bits per heavy atom. The number of nitrogens with zero attached hydrogens (tertiary/aromatic N) is 1. The first-order chi connectivity index (χ1) is 10.6. The highest BCUT2D eigenvalue weighted by molar-refractivity contribution is 5.97. The average molecular weight is 299 g/mol. The number of methoxy groups -OCH3 is 2. The Labute approximate surface area is 131 Å². The SMILES string of the molecule is COc1ccccc1C(=O)N(C)C(C)c1ccccc1OC. The van der Waals surface area contributed by atoms with Crippen molar-refractivity contribution >= 4 is 5.91 Å². The smallest absolute Gasteiger partial charge is 0.257 e. The Bertz CT molecular complexity index is 654. The monoisotopic (exact) mass is 299 g/mol. The molecule has 1 unspecified atom stereocenters. The van der Waals surface area contributed by atoms with Crippen LogP contribution in [0.25, 0.3) is 0 Å². The zero-order chi connectivity index (χ0) is 16.1. The number of hydrogen-bond donors (Lipinski definition) is 0. The maximum atomic E-state index is 12.7. The maximum absolute atomic E-state index is 12.7. The molecule has 0 bridgehead atoms. The molecule has 0 saturated carbocycles. The van der Waals surface area contributed by atoms with E-state index in [1.165, 1.54) is 0 Å². The fourth-order valence-electron chi connectivity index (χ4n) is 2.41. The second kappa shape index (κ2) is 6.98. The second-order valence-electron chi connectivity index (χ2n) is 5.03. The summed E-state index contributed by atoms with van der Waals surface area (Å²) in [6.07, 6.45) is 0. The van der Waals surface area contributed by atoms with Gasteiger partial charge in [-0.15, -0.1) is 0 Å². The number of rotatable bonds is 5. The number of hydrogen-bond acceptors (Lipinski definition) is 3. The van der Waals surface area contributed by atoms with Gasteiger partial charge in [0, 0.05) is 12.6 Å². The third-order valence-corrected chi connectivity index (χ3v) is 3.83. The lowest BCUT2D eigenvalue weighted by Gasteiger charge is -2.27. The van der Waals surface area contributed by atoms with Gasteiger partial charge in [-0.1, -0.05) is 30.3 Å². The fraction of sp³-hybridized carbons (Fsp3) is 0.278. The Morgan fingerprint density at radius 1 is 0.955 bits per heavy atom. The minimum absolute atomic E-state index is 0.0872. The van der Waals surface area contributed by atoms with Gasteiger partial charge >= 0.3 is 0 Å². The third kappa shape index (κ3) is 3.06. The van der Waals surface area contributed by atoms with E-state index in [4.69, 9.17) is 9.47 Å². The third-order valence-electron chi connectivity index (χ3n) is 3.83. The summed E-state index contributed by atoms with van der Waals surface area (Å²) in [7, 11) is 4.98. The number of para-hydroxylation sites is 2. The van der Waals surface area contributed by atoms with Gasteiger partial charge < -0.3 is 14.4 Å². The number of ether oxygens (including phenoxy) is 2. The molecule has 0 radical (unpaired) electrons. The van der Waals surface area contributed by atoms with E-state index in [1.54, 1.807) is 38.3 Å². The Balaban J connectivity index is 2.30. The molecule has 0 spiro atoms. The van der Waals surface area contributed by atoms with E-state index in [9.17, 15) is 4.79 Å². The van der Waals surface area contributed by atoms with Gasteiger partial charge in [0.2, 0.25) is 0 Å². The molecule has 1 atom stereocenters. The van der Waals surface area contributed by atoms with E-state index in [0.717, 1.165) is 11.3 Å². The summed E-state index contributed by atoms with van der Waals surface area (Å²) >= 11 is 0. The molecule has 0 aliphatic heterocycles. The standard InChI is InChI=1S/C18H21NO3/c1-13(14-9-5-7-11-16(14)21-3)19(2)18(20)15-10-6-8-12-17(15)22-4/h5-13H,1-4H3. The summed E-state index contributed by atoms with van der Waals surface area (Å²) in [6, 6.07) is 14.8. The van der Waals surface area contributed by atoms with Crippen molar-refractivity contribution < 1.29 is 14.3 Å². The van der Waals surface area contributed by atoms with Crippen molar-refractivity contribution in [1.82, 2.24) is 4.90 Å². The molecule has 0 N–H and O–H groups in total. The molecule has 2 aromatic carbocycles. The number of carbonyl (C=O) groups excluding carboxylic acids is 1. The first kappa shape index (κ1) is 15.9. The first-order valence-corrected chi connectivity index (χ1v) is 7.13. The molecule has 4 heteroatoms. The van der Waals surface area contributed by atoms with Gasteiger partial charge in [-0.05, 0) is 25.1 Å². The summed E-state index contributed by atoms with van der Waals surface area (Å²) < 4.78 is 10.7. The van der Waals surface area contributed by atoms with Crippen LogP contribution in [0.2, 0.25) is 0 Å². The van der Waals surface area contributed by atoms with Crippen LogP contribution in [-0.2, 0) is 0 Å². The first-order valence-electron chi connectivity index (χ1n) is 7.13. The highest BCUT2D eigenvalue weighted by Crippen LogP contribution is 2.30. The lowest BCUT2D eigenvalue weighted by atomic mass is 10.0. The molecule has 0 heterocycles. The average Bonchev–Trinajstić information content (AvgIpc) is 2.59. The predicted molar refractivity (Wildman–Crippen MR) is 86.5 cm³/mol. The van der Waals surface area contributed by atoms with E-state index in [2.05, 4.69) is 0 Å². The van der Waals surface area contributed by atoms with Crippen molar-refractivity contribution in [2.75, 3.05) is 21.3 Å². The van der Waals surface area contributed by atoms with Crippen LogP contribution in [0.5, 0.6) is 11.5 Å². The molecule has 0 aliphatic rings. The van der Waals surface area contributed by atoms with Crippen molar-refractivity contribution in [1.29, 1.82) is 0 Å². The van der Waals surface area contributed by atoms with Crippen molar-refractivity contribution in [3.05, 3.63) is 59.7 Å². The molecule has 0 aliphatic carbocycles. The molecule has 0 fully saturated rings. The van der Waals surface area contributed by atoms with Crippen LogP contribution in [0.15, 0.2) is 48.5 Å². The highest BCUT2D eigenvalue weighted by Gasteiger charge is 2.23. The van der Waals surface area contributed by atoms with E-state index >= 15 is 0 Å². The van der Waals surface area contributed by atoms with Crippen molar-refractivity contribution in [2.24, 2.45) is 0 Å². The zero-order valence-corrected chi connectivity index (χ0v) is 13.4. The highest BCUT2D eigenvalue weighted by atomic mass is 16.5. The Morgan fingerprint density at radius 2 is 1.50 bits per heavy atom. The zero-order valence-electron chi connectivity index (χ0n) is 13.4. The van der Waals surface area contributed by atoms with Crippen LogP contribution < -0.4 is 9.47 Å². The second-order valence-corrected chi connectivity index (χ2v) is 5.03. The van der Waals surface area contributed by atoms with Crippen molar-refractivity contribution in [3.63, 3.8) is 0 Å². The van der Waals surface area contributed by atoms with E-state index < -0.39 is 0 Å². The lowest BCUT2D eigenvalue weighted by molar-refractivity contribution is 0.0737. The van der Waals surface area contributed by atoms with Crippen LogP contribution in [-0.4, -0.2) is 32.1 Å². The molecule has 116 valence electrons. The maximum Gasteiger partial charge on any atom is 0.257 e. The molecule has 22 heavy (non-hydrogen) atoms. The number of benzene rings is 2. The van der Waals surface area contributed by atoms with Crippen LogP contribution in [0.3, 0.4) is 0 Å². The summed E-state index contributed by atoms with van der Waals surface area (Å²) in [4.78, 5) is 14.4. The summed E-state index contributed by atoms with van der Waals surface area (Å²) in [5.41, 5.74) is 1.52. The van der Waals surface area contributed by atoms with Gasteiger partial charge in [-0.25, -0.2) is 0 Å². The normalized spacial score (nSPS) is 11.6. The molecule has 2 rings (SSSR count). The summed E-state index contributed by atoms with van der Waals surface area (Å²) in [5, 5.41) is 0. The molecule has 1 amide bonds. The minimum Gasteiger partial charge on any atom is -0.496 e. The Hall–Kier alpha value is -2.49. The molecule has 2 aromatic rings. The summed E-state index contributed by atoms with van der Waals surface area (Å²) in [6.45, 7) is 1.98. The molecular formula is C18H21NO3. The van der Waals surface area contributed by atoms with Gasteiger partial charge in [0.05, 0.1) is 25.8 Å². The van der Waals surface area contributed by atoms with E-state index in [0.29, 0.717) is 11.3 Å². The summed E-state index contributed by atoms with van der Waals surface area (Å²) in [5.74, 6) is 1.26. The lowest BCUT2D eigenvalue weighted by Crippen LogP contribution is -2.30. The predicted octanol–water partition coefficient (Wildman–Crippen LogP) is 3.54. The largest absolute Gasteiger partial charge is 0.496 e. The molecule has 0 aromatic heterocycles. The van der Waals surface area contributed by atoms with E-state index in [1.807, 2.05) is 43.3 Å². The number of amides is 1. The van der Waals surface area contributed by atoms with Gasteiger partial charge in [-0.2, -0.15) is 0 Å². The topological polar surface area (TPSA) is 38.8 Å². The van der Waals surface area contributed by atoms with Gasteiger partial charge in [0.15, 0.2) is 0 Å². The Kier molecular flexibility index (Phi) is 5.04. The molecule has 0 saturated heterocycles. The van der Waals surface area contributed by atoms with Gasteiger partial charge in [-0.3, -0.25) is 4.79 Å². The van der Waals surface area contributed by atoms with Crippen molar-refractivity contribution in [3.8, 4) is 11.5 Å². The van der Waals surface area contributed by atoms with Gasteiger partial charge in [0.1, 0.15) is 11.5 Å². The van der Waals surface area contributed by atoms with Crippen LogP contribution in [0.1, 0.15) is 28.9 Å². The van der Waals surface area contributed by atoms with Crippen molar-refractivity contribution in [2.45, 2.75) is 13.0 Å². The van der Waals surface area contributed by atoms with Crippen LogP contribution in [0.4, 0.5) is 0 Å². The van der Waals surface area contributed by atoms with E-state index in [-0.39, 0.29) is 11.9 Å². The molecule has 4 nitrogen and oxygen atoms in total. The van der Waals surface area contributed by atoms with Gasteiger partial charge in [0.25, 0.3) is 5.91 Å². The van der Waals surface area contributed by atoms with Crippen LogP contribution in [0, 0.1) is 0 Å².